The molecule has 9 heteroatoms. The Labute approximate surface area is 196 Å². The number of aryl methyl sites for hydroxylation is 1. The van der Waals surface area contributed by atoms with Crippen LogP contribution in [0.25, 0.3) is 26.9 Å². The Balaban J connectivity index is 1.50. The minimum absolute atomic E-state index is 0.0294. The van der Waals surface area contributed by atoms with Gasteiger partial charge in [0, 0.05) is 22.7 Å². The van der Waals surface area contributed by atoms with Crippen molar-refractivity contribution in [2.45, 2.75) is 6.92 Å². The van der Waals surface area contributed by atoms with Gasteiger partial charge in [0.25, 0.3) is 5.91 Å². The number of hydrogen-bond donors (Lipinski definition) is 1. The SMILES string of the molecule is Cc1nc2sccn2c1-c1nc(-c2ccccc2)c(C(=O)c2ccc3c(c2)NC(=O)CO3)s1. The van der Waals surface area contributed by atoms with Crippen molar-refractivity contribution in [3.63, 3.8) is 0 Å². The molecule has 0 saturated carbocycles. The molecule has 33 heavy (non-hydrogen) atoms. The first-order valence-corrected chi connectivity index (χ1v) is 11.9. The highest BCUT2D eigenvalue weighted by Crippen LogP contribution is 2.38. The van der Waals surface area contributed by atoms with Crippen molar-refractivity contribution < 1.29 is 14.3 Å². The Morgan fingerprint density at radius 2 is 2.00 bits per heavy atom. The number of amides is 1. The molecule has 7 nitrogen and oxygen atoms in total. The molecule has 6 rings (SSSR count). The van der Waals surface area contributed by atoms with Gasteiger partial charge in [-0.2, -0.15) is 0 Å². The van der Waals surface area contributed by atoms with E-state index in [4.69, 9.17) is 9.72 Å². The number of hydrogen-bond acceptors (Lipinski definition) is 7. The standard InChI is InChI=1S/C24H16N4O3S2/c1-13-20(28-9-10-32-24(28)25-13)23-27-19(14-5-3-2-4-6-14)22(33-23)21(30)15-7-8-17-16(11-15)26-18(29)12-31-17/h2-11H,12H2,1H3,(H,26,29). The Kier molecular flexibility index (Phi) is 4.60. The number of fused-ring (bicyclic) bond motifs is 2. The van der Waals surface area contributed by atoms with Gasteiger partial charge in [0.1, 0.15) is 21.3 Å². The average Bonchev–Trinajstić information content (AvgIpc) is 3.53. The van der Waals surface area contributed by atoms with Gasteiger partial charge in [-0.3, -0.25) is 14.0 Å². The summed E-state index contributed by atoms with van der Waals surface area (Å²) in [5, 5.41) is 5.48. The van der Waals surface area contributed by atoms with E-state index in [2.05, 4.69) is 10.3 Å². The lowest BCUT2D eigenvalue weighted by Crippen LogP contribution is -2.25. The van der Waals surface area contributed by atoms with Gasteiger partial charge in [-0.25, -0.2) is 9.97 Å². The highest BCUT2D eigenvalue weighted by Gasteiger charge is 2.26. The van der Waals surface area contributed by atoms with E-state index >= 15 is 0 Å². The lowest BCUT2D eigenvalue weighted by atomic mass is 10.0. The van der Waals surface area contributed by atoms with Crippen LogP contribution in [0.5, 0.6) is 5.75 Å². The minimum atomic E-state index is -0.242. The normalized spacial score (nSPS) is 12.9. The third kappa shape index (κ3) is 3.33. The van der Waals surface area contributed by atoms with Crippen LogP contribution < -0.4 is 10.1 Å². The molecule has 0 fully saturated rings. The Morgan fingerprint density at radius 3 is 2.85 bits per heavy atom. The number of carbonyl (C=O) groups is 2. The lowest BCUT2D eigenvalue weighted by Gasteiger charge is -2.18. The number of nitrogens with zero attached hydrogens (tertiary/aromatic N) is 3. The number of nitrogens with one attached hydrogen (secondary N) is 1. The Morgan fingerprint density at radius 1 is 1.15 bits per heavy atom. The van der Waals surface area contributed by atoms with Crippen LogP contribution in [-0.2, 0) is 4.79 Å². The van der Waals surface area contributed by atoms with Crippen LogP contribution in [0.4, 0.5) is 5.69 Å². The molecular formula is C24H16N4O3S2. The molecule has 1 aliphatic heterocycles. The van der Waals surface area contributed by atoms with Crippen molar-refractivity contribution in [2.24, 2.45) is 0 Å². The predicted molar refractivity (Wildman–Crippen MR) is 128 cm³/mol. The zero-order chi connectivity index (χ0) is 22.5. The summed E-state index contributed by atoms with van der Waals surface area (Å²) in [5.41, 5.74) is 4.19. The monoisotopic (exact) mass is 472 g/mol. The van der Waals surface area contributed by atoms with E-state index in [1.54, 1.807) is 29.5 Å². The number of imidazole rings is 1. The van der Waals surface area contributed by atoms with Crippen LogP contribution in [-0.4, -0.2) is 32.7 Å². The quantitative estimate of drug-likeness (QED) is 0.370. The third-order valence-corrected chi connectivity index (χ3v) is 7.21. The lowest BCUT2D eigenvalue weighted by molar-refractivity contribution is -0.118. The van der Waals surface area contributed by atoms with Gasteiger partial charge in [-0.1, -0.05) is 30.3 Å². The summed E-state index contributed by atoms with van der Waals surface area (Å²) in [5.74, 6) is 0.145. The summed E-state index contributed by atoms with van der Waals surface area (Å²) < 4.78 is 7.43. The zero-order valence-corrected chi connectivity index (χ0v) is 19.0. The minimum Gasteiger partial charge on any atom is -0.482 e. The van der Waals surface area contributed by atoms with E-state index in [9.17, 15) is 9.59 Å². The number of aromatic nitrogens is 3. The second-order valence-electron chi connectivity index (χ2n) is 7.54. The zero-order valence-electron chi connectivity index (χ0n) is 17.4. The molecular weight excluding hydrogens is 456 g/mol. The fourth-order valence-electron chi connectivity index (χ4n) is 3.87. The van der Waals surface area contributed by atoms with E-state index in [1.165, 1.54) is 11.3 Å². The van der Waals surface area contributed by atoms with Crippen molar-refractivity contribution in [3.05, 3.63) is 76.2 Å². The summed E-state index contributed by atoms with van der Waals surface area (Å²) in [4.78, 5) is 36.4. The second kappa shape index (κ2) is 7.65. The summed E-state index contributed by atoms with van der Waals surface area (Å²) in [6.07, 6.45) is 1.96. The van der Waals surface area contributed by atoms with Gasteiger partial charge in [0.05, 0.1) is 17.1 Å². The molecule has 1 aliphatic rings. The largest absolute Gasteiger partial charge is 0.482 e. The van der Waals surface area contributed by atoms with Crippen LogP contribution in [0.3, 0.4) is 0 Å². The van der Waals surface area contributed by atoms with Crippen molar-refractivity contribution in [3.8, 4) is 27.7 Å². The maximum atomic E-state index is 13.7. The molecule has 0 radical (unpaired) electrons. The Hall–Kier alpha value is -3.82. The second-order valence-corrected chi connectivity index (χ2v) is 9.41. The highest BCUT2D eigenvalue weighted by molar-refractivity contribution is 7.17. The molecule has 162 valence electrons. The highest BCUT2D eigenvalue weighted by atomic mass is 32.1. The molecule has 3 aromatic heterocycles. The third-order valence-electron chi connectivity index (χ3n) is 5.39. The molecule has 0 saturated heterocycles. The van der Waals surface area contributed by atoms with Crippen LogP contribution in [0.15, 0.2) is 60.1 Å². The number of ether oxygens (including phenoxy) is 1. The topological polar surface area (TPSA) is 85.6 Å². The molecule has 5 aromatic rings. The van der Waals surface area contributed by atoms with Crippen molar-refractivity contribution in [1.82, 2.24) is 14.4 Å². The summed E-state index contributed by atoms with van der Waals surface area (Å²) in [7, 11) is 0. The molecule has 0 unspecified atom stereocenters. The number of thiazole rings is 2. The number of ketones is 1. The predicted octanol–water partition coefficient (Wildman–Crippen LogP) is 5.06. The maximum absolute atomic E-state index is 13.7. The fraction of sp³-hybridized carbons (Fsp3) is 0.0833. The van der Waals surface area contributed by atoms with Gasteiger partial charge in [-0.15, -0.1) is 22.7 Å². The van der Waals surface area contributed by atoms with Crippen LogP contribution in [0.2, 0.25) is 0 Å². The molecule has 1 N–H and O–H groups in total. The van der Waals surface area contributed by atoms with Gasteiger partial charge >= 0.3 is 0 Å². The first-order chi connectivity index (χ1) is 16.1. The average molecular weight is 473 g/mol. The van der Waals surface area contributed by atoms with Crippen molar-refractivity contribution >= 4 is 45.0 Å². The van der Waals surface area contributed by atoms with Crippen LogP contribution >= 0.6 is 22.7 Å². The van der Waals surface area contributed by atoms with Crippen LogP contribution in [0.1, 0.15) is 20.9 Å². The number of rotatable bonds is 4. The molecule has 0 atom stereocenters. The summed E-state index contributed by atoms with van der Waals surface area (Å²) >= 11 is 2.91. The van der Waals surface area contributed by atoms with Gasteiger partial charge in [-0.05, 0) is 25.1 Å². The van der Waals surface area contributed by atoms with Crippen molar-refractivity contribution in [2.75, 3.05) is 11.9 Å². The molecule has 0 aliphatic carbocycles. The summed E-state index contributed by atoms with van der Waals surface area (Å²) in [6, 6.07) is 14.8. The number of carbonyl (C=O) groups excluding carboxylic acids is 2. The molecule has 2 aromatic carbocycles. The first kappa shape index (κ1) is 19.8. The number of anilines is 1. The van der Waals surface area contributed by atoms with Crippen molar-refractivity contribution in [1.29, 1.82) is 0 Å². The first-order valence-electron chi connectivity index (χ1n) is 10.2. The van der Waals surface area contributed by atoms with Crippen LogP contribution in [0, 0.1) is 6.92 Å². The van der Waals surface area contributed by atoms with E-state index in [0.29, 0.717) is 27.6 Å². The van der Waals surface area contributed by atoms with Gasteiger partial charge < -0.3 is 10.1 Å². The summed E-state index contributed by atoms with van der Waals surface area (Å²) in [6.45, 7) is 1.92. The fourth-order valence-corrected chi connectivity index (χ4v) is 5.78. The Bertz CT molecular complexity index is 1550. The molecule has 1 amide bonds. The van der Waals surface area contributed by atoms with E-state index in [1.807, 2.05) is 53.2 Å². The number of benzene rings is 2. The van der Waals surface area contributed by atoms with E-state index in [0.717, 1.165) is 26.9 Å². The molecule has 0 spiro atoms. The van der Waals surface area contributed by atoms with E-state index in [-0.39, 0.29) is 18.3 Å². The smallest absolute Gasteiger partial charge is 0.262 e. The maximum Gasteiger partial charge on any atom is 0.262 e. The van der Waals surface area contributed by atoms with E-state index < -0.39 is 0 Å². The van der Waals surface area contributed by atoms with Gasteiger partial charge in [0.15, 0.2) is 11.6 Å². The van der Waals surface area contributed by atoms with Gasteiger partial charge in [0.2, 0.25) is 5.78 Å². The molecule has 4 heterocycles. The molecule has 0 bridgehead atoms.